The smallest absolute Gasteiger partial charge is 0.264 e. The zero-order valence-electron chi connectivity index (χ0n) is 10.4. The predicted octanol–water partition coefficient (Wildman–Crippen LogP) is 1.78. The van der Waals surface area contributed by atoms with Gasteiger partial charge in [-0.1, -0.05) is 22.0 Å². The molecule has 0 bridgehead atoms. The molecule has 0 fully saturated rings. The number of rotatable bonds is 3. The van der Waals surface area contributed by atoms with Crippen LogP contribution in [0.2, 0.25) is 0 Å². The molecule has 1 aliphatic heterocycles. The molecule has 0 aliphatic carbocycles. The van der Waals surface area contributed by atoms with Crippen LogP contribution in [-0.2, 0) is 27.3 Å². The summed E-state index contributed by atoms with van der Waals surface area (Å²) in [7, 11) is -1.38. The number of fused-ring (bicyclic) bond motifs is 1. The highest BCUT2D eigenvalue weighted by atomic mass is 79.9. The van der Waals surface area contributed by atoms with Crippen LogP contribution < -0.4 is 0 Å². The van der Waals surface area contributed by atoms with Gasteiger partial charge in [0.25, 0.3) is 10.1 Å². The summed E-state index contributed by atoms with van der Waals surface area (Å²) in [6, 6.07) is 6.32. The van der Waals surface area contributed by atoms with Gasteiger partial charge < -0.3 is 0 Å². The van der Waals surface area contributed by atoms with Crippen molar-refractivity contribution in [1.29, 1.82) is 0 Å². The predicted molar refractivity (Wildman–Crippen MR) is 73.9 cm³/mol. The largest absolute Gasteiger partial charge is 0.296 e. The molecule has 0 amide bonds. The SMILES string of the molecule is CN1Cc2ccc(Br)cc2CC1COS(C)(=O)=O. The number of likely N-dealkylation sites (N-methyl/N-ethyl adjacent to an activating group) is 1. The lowest BCUT2D eigenvalue weighted by molar-refractivity contribution is 0.148. The summed E-state index contributed by atoms with van der Waals surface area (Å²) in [6.07, 6.45) is 1.89. The summed E-state index contributed by atoms with van der Waals surface area (Å²) >= 11 is 3.46. The van der Waals surface area contributed by atoms with Crippen LogP contribution in [0.4, 0.5) is 0 Å². The normalized spacial score (nSPS) is 20.7. The van der Waals surface area contributed by atoms with E-state index < -0.39 is 10.1 Å². The molecule has 4 nitrogen and oxygen atoms in total. The van der Waals surface area contributed by atoms with Crippen molar-refractivity contribution < 1.29 is 12.6 Å². The van der Waals surface area contributed by atoms with E-state index in [9.17, 15) is 8.42 Å². The lowest BCUT2D eigenvalue weighted by Gasteiger charge is -2.33. The number of hydrogen-bond acceptors (Lipinski definition) is 4. The Labute approximate surface area is 116 Å². The van der Waals surface area contributed by atoms with Gasteiger partial charge in [0.1, 0.15) is 0 Å². The van der Waals surface area contributed by atoms with Crippen LogP contribution in [0.5, 0.6) is 0 Å². The van der Waals surface area contributed by atoms with Gasteiger partial charge in [0.15, 0.2) is 0 Å². The zero-order valence-corrected chi connectivity index (χ0v) is 12.8. The Morgan fingerprint density at radius 2 is 2.17 bits per heavy atom. The van der Waals surface area contributed by atoms with Crippen molar-refractivity contribution in [3.63, 3.8) is 0 Å². The van der Waals surface area contributed by atoms with Crippen molar-refractivity contribution in [3.05, 3.63) is 33.8 Å². The second-order valence-electron chi connectivity index (χ2n) is 4.67. The highest BCUT2D eigenvalue weighted by Crippen LogP contribution is 2.25. The number of halogens is 1. The molecule has 2 rings (SSSR count). The number of hydrogen-bond donors (Lipinski definition) is 0. The molecule has 1 atom stereocenters. The maximum absolute atomic E-state index is 11.0. The van der Waals surface area contributed by atoms with Gasteiger partial charge in [-0.2, -0.15) is 8.42 Å². The minimum atomic E-state index is -3.37. The van der Waals surface area contributed by atoms with E-state index in [1.807, 2.05) is 13.1 Å². The van der Waals surface area contributed by atoms with Gasteiger partial charge in [0.2, 0.25) is 0 Å². The van der Waals surface area contributed by atoms with Crippen LogP contribution in [-0.4, -0.2) is 39.3 Å². The Morgan fingerprint density at radius 3 is 2.83 bits per heavy atom. The van der Waals surface area contributed by atoms with E-state index >= 15 is 0 Å². The summed E-state index contributed by atoms with van der Waals surface area (Å²) in [5, 5.41) is 0. The summed E-state index contributed by atoms with van der Waals surface area (Å²) in [4.78, 5) is 2.13. The molecule has 0 saturated carbocycles. The van der Waals surface area contributed by atoms with Crippen LogP contribution in [0.3, 0.4) is 0 Å². The van der Waals surface area contributed by atoms with Crippen molar-refractivity contribution >= 4 is 26.0 Å². The molecule has 1 heterocycles. The molecule has 18 heavy (non-hydrogen) atoms. The molecule has 1 aromatic rings. The first-order valence-corrected chi connectivity index (χ1v) is 8.28. The van der Waals surface area contributed by atoms with Gasteiger partial charge >= 0.3 is 0 Å². The molecular formula is C12H16BrNO3S. The maximum atomic E-state index is 11.0. The van der Waals surface area contributed by atoms with Gasteiger partial charge in [0, 0.05) is 17.1 Å². The Bertz CT molecular complexity index is 544. The highest BCUT2D eigenvalue weighted by molar-refractivity contribution is 9.10. The van der Waals surface area contributed by atoms with E-state index in [0.29, 0.717) is 0 Å². The van der Waals surface area contributed by atoms with E-state index in [2.05, 4.69) is 33.0 Å². The molecule has 0 N–H and O–H groups in total. The molecule has 1 aliphatic rings. The average molecular weight is 334 g/mol. The molecule has 6 heteroatoms. The first kappa shape index (κ1) is 14.0. The van der Waals surface area contributed by atoms with Gasteiger partial charge in [-0.05, 0) is 36.7 Å². The van der Waals surface area contributed by atoms with Crippen LogP contribution in [0, 0.1) is 0 Å². The third kappa shape index (κ3) is 3.54. The van der Waals surface area contributed by atoms with Gasteiger partial charge in [-0.15, -0.1) is 0 Å². The van der Waals surface area contributed by atoms with Crippen LogP contribution >= 0.6 is 15.9 Å². The monoisotopic (exact) mass is 333 g/mol. The van der Waals surface area contributed by atoms with Crippen molar-refractivity contribution in [2.24, 2.45) is 0 Å². The fourth-order valence-electron chi connectivity index (χ4n) is 2.13. The lowest BCUT2D eigenvalue weighted by atomic mass is 9.95. The molecule has 0 saturated heterocycles. The van der Waals surface area contributed by atoms with E-state index in [1.165, 1.54) is 11.1 Å². The molecule has 0 radical (unpaired) electrons. The summed E-state index contributed by atoms with van der Waals surface area (Å²) in [5.41, 5.74) is 2.54. The standard InChI is InChI=1S/C12H16BrNO3S/c1-14-7-9-3-4-11(13)5-10(9)6-12(14)8-17-18(2,15)16/h3-5,12H,6-8H2,1-2H3. The van der Waals surface area contributed by atoms with Crippen molar-refractivity contribution in [3.8, 4) is 0 Å². The van der Waals surface area contributed by atoms with Crippen molar-refractivity contribution in [2.45, 2.75) is 19.0 Å². The Hall–Kier alpha value is -0.430. The maximum Gasteiger partial charge on any atom is 0.264 e. The van der Waals surface area contributed by atoms with Gasteiger partial charge in [0.05, 0.1) is 12.9 Å². The van der Waals surface area contributed by atoms with Crippen LogP contribution in [0.15, 0.2) is 22.7 Å². The van der Waals surface area contributed by atoms with E-state index in [0.717, 1.165) is 23.7 Å². The Balaban J connectivity index is 2.12. The highest BCUT2D eigenvalue weighted by Gasteiger charge is 2.24. The van der Waals surface area contributed by atoms with Gasteiger partial charge in [-0.25, -0.2) is 0 Å². The summed E-state index contributed by atoms with van der Waals surface area (Å²) < 4.78 is 28.0. The molecule has 100 valence electrons. The van der Waals surface area contributed by atoms with Crippen LogP contribution in [0.1, 0.15) is 11.1 Å². The van der Waals surface area contributed by atoms with E-state index in [1.54, 1.807) is 0 Å². The van der Waals surface area contributed by atoms with Gasteiger partial charge in [-0.3, -0.25) is 9.08 Å². The first-order chi connectivity index (χ1) is 8.35. The lowest BCUT2D eigenvalue weighted by Crippen LogP contribution is -2.41. The second kappa shape index (κ2) is 5.28. The summed E-state index contributed by atoms with van der Waals surface area (Å²) in [5.74, 6) is 0. The first-order valence-electron chi connectivity index (χ1n) is 5.67. The molecule has 0 spiro atoms. The fraction of sp³-hybridized carbons (Fsp3) is 0.500. The average Bonchev–Trinajstić information content (AvgIpc) is 2.26. The zero-order chi connectivity index (χ0) is 13.3. The number of nitrogens with zero attached hydrogens (tertiary/aromatic N) is 1. The topological polar surface area (TPSA) is 46.6 Å². The molecule has 0 aromatic heterocycles. The van der Waals surface area contributed by atoms with Crippen molar-refractivity contribution in [2.75, 3.05) is 19.9 Å². The van der Waals surface area contributed by atoms with Crippen LogP contribution in [0.25, 0.3) is 0 Å². The third-order valence-corrected chi connectivity index (χ3v) is 4.20. The Morgan fingerprint density at radius 1 is 1.44 bits per heavy atom. The summed E-state index contributed by atoms with van der Waals surface area (Å²) in [6.45, 7) is 1.03. The second-order valence-corrected chi connectivity index (χ2v) is 7.23. The third-order valence-electron chi connectivity index (χ3n) is 3.14. The molecular weight excluding hydrogens is 318 g/mol. The Kier molecular flexibility index (Phi) is 4.11. The number of benzene rings is 1. The van der Waals surface area contributed by atoms with Crippen molar-refractivity contribution in [1.82, 2.24) is 4.90 Å². The molecule has 1 aromatic carbocycles. The van der Waals surface area contributed by atoms with E-state index in [-0.39, 0.29) is 12.6 Å². The quantitative estimate of drug-likeness (QED) is 0.791. The minimum Gasteiger partial charge on any atom is -0.296 e. The van der Waals surface area contributed by atoms with E-state index in [4.69, 9.17) is 4.18 Å². The fourth-order valence-corrected chi connectivity index (χ4v) is 2.95. The minimum absolute atomic E-state index is 0.0986. The molecule has 1 unspecified atom stereocenters.